The second kappa shape index (κ2) is 7.45. The molecule has 0 radical (unpaired) electrons. The fraction of sp³-hybridized carbons (Fsp3) is 0.250. The number of hydrogen-bond acceptors (Lipinski definition) is 0. The van der Waals surface area contributed by atoms with Gasteiger partial charge in [-0.1, -0.05) is 36.2 Å². The molecule has 1 aromatic rings. The van der Waals surface area contributed by atoms with E-state index < -0.39 is 0 Å². The summed E-state index contributed by atoms with van der Waals surface area (Å²) in [5, 5.41) is 1.46. The molecule has 0 aliphatic rings. The van der Waals surface area contributed by atoms with Crippen molar-refractivity contribution < 1.29 is 17.0 Å². The third-order valence-corrected chi connectivity index (χ3v) is 1.98. The number of benzene rings is 1. The van der Waals surface area contributed by atoms with Gasteiger partial charge in [-0.25, -0.2) is 0 Å². The van der Waals surface area contributed by atoms with Crippen molar-refractivity contribution in [3.05, 3.63) is 33.8 Å². The van der Waals surface area contributed by atoms with E-state index in [1.54, 1.807) is 6.07 Å². The first-order valence-electron chi connectivity index (χ1n) is 3.18. The smallest absolute Gasteiger partial charge is 1.00 e. The zero-order valence-corrected chi connectivity index (χ0v) is 11.3. The third kappa shape index (κ3) is 4.33. The molecule has 1 aromatic carbocycles. The third-order valence-electron chi connectivity index (χ3n) is 1.40. The molecule has 0 amide bonds. The quantitative estimate of drug-likeness (QED) is 0.643. The van der Waals surface area contributed by atoms with Crippen molar-refractivity contribution >= 4 is 46.3 Å². The maximum atomic E-state index is 5.85. The van der Waals surface area contributed by atoms with Crippen LogP contribution < -0.4 is 17.0 Å². The Balaban J connectivity index is 0. The summed E-state index contributed by atoms with van der Waals surface area (Å²) in [6.07, 6.45) is 0.954. The Bertz CT molecular complexity index is 240. The molecule has 0 saturated carbocycles. The van der Waals surface area contributed by atoms with Gasteiger partial charge >= 0.3 is 23.1 Å². The summed E-state index contributed by atoms with van der Waals surface area (Å²) >= 11 is 11.5. The zero-order chi connectivity index (χ0) is 7.56. The zero-order valence-electron chi connectivity index (χ0n) is 6.78. The van der Waals surface area contributed by atoms with E-state index in [1.165, 1.54) is 0 Å². The molecule has 62 valence electrons. The molecule has 0 aromatic heterocycles. The van der Waals surface area contributed by atoms with Crippen LogP contribution in [0.25, 0.3) is 0 Å². The standard InChI is InChI=1S/C8H8Cl2.BrH.Mg/c1-2-6-3-4-7(9)5-8(6)10;;/h3-5H,2H2,1H3;1H;/q;;+2/p-1. The van der Waals surface area contributed by atoms with Crippen LogP contribution in [0.2, 0.25) is 10.0 Å². The van der Waals surface area contributed by atoms with E-state index in [-0.39, 0.29) is 40.0 Å². The molecule has 0 unspecified atom stereocenters. The maximum absolute atomic E-state index is 5.85. The first kappa shape index (κ1) is 15.5. The van der Waals surface area contributed by atoms with Crippen LogP contribution in [0.3, 0.4) is 0 Å². The van der Waals surface area contributed by atoms with Gasteiger partial charge in [0.2, 0.25) is 0 Å². The first-order valence-corrected chi connectivity index (χ1v) is 3.93. The average molecular weight is 279 g/mol. The maximum Gasteiger partial charge on any atom is 2.00 e. The van der Waals surface area contributed by atoms with Crippen LogP contribution >= 0.6 is 23.2 Å². The van der Waals surface area contributed by atoms with Crippen LogP contribution in [0.1, 0.15) is 12.5 Å². The summed E-state index contributed by atoms with van der Waals surface area (Å²) in [5.41, 5.74) is 1.14. The summed E-state index contributed by atoms with van der Waals surface area (Å²) in [6, 6.07) is 5.57. The van der Waals surface area contributed by atoms with Crippen LogP contribution in [0.4, 0.5) is 0 Å². The molecule has 0 aliphatic carbocycles. The predicted molar refractivity (Wildman–Crippen MR) is 51.6 cm³/mol. The van der Waals surface area contributed by atoms with Crippen molar-refractivity contribution in [1.29, 1.82) is 0 Å². The average Bonchev–Trinajstić information content (AvgIpc) is 1.88. The van der Waals surface area contributed by atoms with E-state index in [9.17, 15) is 0 Å². The van der Waals surface area contributed by atoms with Gasteiger partial charge in [0.15, 0.2) is 0 Å². The van der Waals surface area contributed by atoms with Crippen molar-refractivity contribution in [2.45, 2.75) is 13.3 Å². The van der Waals surface area contributed by atoms with Crippen LogP contribution in [0, 0.1) is 0 Å². The molecule has 0 spiro atoms. The molecule has 0 fully saturated rings. The van der Waals surface area contributed by atoms with Gasteiger partial charge < -0.3 is 17.0 Å². The minimum absolute atomic E-state index is 0. The van der Waals surface area contributed by atoms with Gasteiger partial charge in [0, 0.05) is 10.0 Å². The van der Waals surface area contributed by atoms with Gasteiger partial charge in [-0.2, -0.15) is 0 Å². The summed E-state index contributed by atoms with van der Waals surface area (Å²) in [4.78, 5) is 0. The van der Waals surface area contributed by atoms with Gasteiger partial charge in [-0.15, -0.1) is 0 Å². The van der Waals surface area contributed by atoms with Gasteiger partial charge in [0.05, 0.1) is 0 Å². The Hall–Kier alpha value is 1.05. The van der Waals surface area contributed by atoms with Crippen LogP contribution in [0.15, 0.2) is 18.2 Å². The van der Waals surface area contributed by atoms with Crippen LogP contribution in [-0.2, 0) is 6.42 Å². The molecule has 0 aliphatic heterocycles. The molecule has 0 atom stereocenters. The molecular weight excluding hydrogens is 271 g/mol. The molecule has 0 nitrogen and oxygen atoms in total. The Morgan fingerprint density at radius 3 is 2.25 bits per heavy atom. The SMILES string of the molecule is CCc1ccc(Cl)cc1Cl.[Br-].[Mg+2]. The van der Waals surface area contributed by atoms with E-state index in [2.05, 4.69) is 6.92 Å². The van der Waals surface area contributed by atoms with Gasteiger partial charge in [0.1, 0.15) is 0 Å². The molecule has 0 heterocycles. The Labute approximate surface area is 110 Å². The first-order chi connectivity index (χ1) is 4.74. The molecule has 0 bridgehead atoms. The summed E-state index contributed by atoms with van der Waals surface area (Å²) in [6.45, 7) is 2.06. The normalized spacial score (nSPS) is 8.25. The molecule has 12 heavy (non-hydrogen) atoms. The molecule has 0 saturated heterocycles. The molecule has 0 N–H and O–H groups in total. The van der Waals surface area contributed by atoms with Crippen molar-refractivity contribution in [3.8, 4) is 0 Å². The second-order valence-electron chi connectivity index (χ2n) is 2.09. The summed E-state index contributed by atoms with van der Waals surface area (Å²) < 4.78 is 0. The van der Waals surface area contributed by atoms with Crippen LogP contribution in [-0.4, -0.2) is 23.1 Å². The van der Waals surface area contributed by atoms with E-state index in [1.807, 2.05) is 12.1 Å². The van der Waals surface area contributed by atoms with E-state index >= 15 is 0 Å². The molecular formula is C8H8BrCl2Mg+. The van der Waals surface area contributed by atoms with Gasteiger partial charge in [0.25, 0.3) is 0 Å². The topological polar surface area (TPSA) is 0 Å². The number of hydrogen-bond donors (Lipinski definition) is 0. The second-order valence-corrected chi connectivity index (χ2v) is 2.93. The Morgan fingerprint density at radius 2 is 1.83 bits per heavy atom. The van der Waals surface area contributed by atoms with Gasteiger partial charge in [-0.3, -0.25) is 0 Å². The monoisotopic (exact) mass is 277 g/mol. The number of rotatable bonds is 1. The fourth-order valence-corrected chi connectivity index (χ4v) is 1.35. The van der Waals surface area contributed by atoms with E-state index in [4.69, 9.17) is 23.2 Å². The molecule has 1 rings (SSSR count). The van der Waals surface area contributed by atoms with Crippen molar-refractivity contribution in [2.75, 3.05) is 0 Å². The number of halogens is 3. The Morgan fingerprint density at radius 1 is 1.25 bits per heavy atom. The van der Waals surface area contributed by atoms with Crippen molar-refractivity contribution in [1.82, 2.24) is 0 Å². The number of aryl methyl sites for hydroxylation is 1. The van der Waals surface area contributed by atoms with Crippen LogP contribution in [0.5, 0.6) is 0 Å². The van der Waals surface area contributed by atoms with E-state index in [0.29, 0.717) is 5.02 Å². The Kier molecular flexibility index (Phi) is 9.63. The van der Waals surface area contributed by atoms with Crippen molar-refractivity contribution in [2.24, 2.45) is 0 Å². The van der Waals surface area contributed by atoms with Gasteiger partial charge in [-0.05, 0) is 24.1 Å². The minimum atomic E-state index is 0. The predicted octanol–water partition coefficient (Wildman–Crippen LogP) is 0.179. The fourth-order valence-electron chi connectivity index (χ4n) is 0.808. The molecule has 4 heteroatoms. The van der Waals surface area contributed by atoms with E-state index in [0.717, 1.165) is 17.0 Å². The minimum Gasteiger partial charge on any atom is -1.00 e. The summed E-state index contributed by atoms with van der Waals surface area (Å²) in [5.74, 6) is 0. The summed E-state index contributed by atoms with van der Waals surface area (Å²) in [7, 11) is 0. The van der Waals surface area contributed by atoms with Crippen molar-refractivity contribution in [3.63, 3.8) is 0 Å². The largest absolute Gasteiger partial charge is 2.00 e.